The van der Waals surface area contributed by atoms with E-state index in [0.717, 1.165) is 22.3 Å². The number of rotatable bonds is 3. The lowest BCUT2D eigenvalue weighted by molar-refractivity contribution is 0.452. The van der Waals surface area contributed by atoms with Gasteiger partial charge < -0.3 is 20.6 Å². The van der Waals surface area contributed by atoms with E-state index in [1.54, 1.807) is 10.6 Å². The Hall–Kier alpha value is -3.74. The van der Waals surface area contributed by atoms with Crippen molar-refractivity contribution in [1.29, 1.82) is 0 Å². The van der Waals surface area contributed by atoms with Crippen molar-refractivity contribution in [3.05, 3.63) is 59.8 Å². The van der Waals surface area contributed by atoms with E-state index >= 15 is 0 Å². The number of benzene rings is 2. The second kappa shape index (κ2) is 6.21. The molecule has 0 fully saturated rings. The molecule has 7 heteroatoms. The molecule has 0 saturated heterocycles. The van der Waals surface area contributed by atoms with Crippen LogP contribution in [-0.4, -0.2) is 29.9 Å². The third-order valence-corrected chi connectivity index (χ3v) is 4.38. The predicted octanol–water partition coefficient (Wildman–Crippen LogP) is 3.87. The molecule has 0 unspecified atom stereocenters. The molecule has 0 bridgehead atoms. The molecule has 0 aliphatic carbocycles. The number of nitrogens with zero attached hydrogens (tertiary/aromatic N) is 3. The Bertz CT molecular complexity index is 1140. The molecule has 2 heterocycles. The van der Waals surface area contributed by atoms with Gasteiger partial charge >= 0.3 is 0 Å². The zero-order valence-corrected chi connectivity index (χ0v) is 14.8. The summed E-state index contributed by atoms with van der Waals surface area (Å²) >= 11 is 0. The number of fused-ring (bicyclic) bond motifs is 1. The maximum atomic E-state index is 9.96. The van der Waals surface area contributed by atoms with Crippen LogP contribution in [0.25, 0.3) is 16.8 Å². The topological polar surface area (TPSA) is 103 Å². The molecule has 27 heavy (non-hydrogen) atoms. The van der Waals surface area contributed by atoms with Gasteiger partial charge in [0.2, 0.25) is 5.95 Å². The highest BCUT2D eigenvalue weighted by atomic mass is 16.3. The molecule has 2 aromatic carbocycles. The lowest BCUT2D eigenvalue weighted by atomic mass is 10.0. The normalized spacial score (nSPS) is 11.0. The van der Waals surface area contributed by atoms with Crippen LogP contribution in [-0.2, 0) is 0 Å². The van der Waals surface area contributed by atoms with E-state index in [-0.39, 0.29) is 11.5 Å². The molecule has 7 nitrogen and oxygen atoms in total. The van der Waals surface area contributed by atoms with Gasteiger partial charge in [-0.3, -0.25) is 0 Å². The summed E-state index contributed by atoms with van der Waals surface area (Å²) in [7, 11) is 0. The van der Waals surface area contributed by atoms with E-state index in [4.69, 9.17) is 0 Å². The number of aryl methyl sites for hydroxylation is 2. The minimum absolute atomic E-state index is 0.0230. The minimum atomic E-state index is -0.0930. The number of hydrogen-bond acceptors (Lipinski definition) is 6. The summed E-state index contributed by atoms with van der Waals surface area (Å²) in [5, 5.41) is 36.6. The summed E-state index contributed by atoms with van der Waals surface area (Å²) in [6.07, 6.45) is 1.86. The number of hydrogen-bond donors (Lipinski definition) is 4. The van der Waals surface area contributed by atoms with Crippen LogP contribution < -0.4 is 5.32 Å². The maximum Gasteiger partial charge on any atom is 0.247 e. The van der Waals surface area contributed by atoms with Gasteiger partial charge in [-0.25, -0.2) is 4.52 Å². The largest absolute Gasteiger partial charge is 0.508 e. The SMILES string of the molecule is Cc1cc(-c2ccc3nc(Nc4ccc(O)cc4O)nn3c2)cc(C)c1O. The van der Waals surface area contributed by atoms with Crippen LogP contribution in [0.15, 0.2) is 48.7 Å². The summed E-state index contributed by atoms with van der Waals surface area (Å²) in [5.74, 6) is 0.515. The average Bonchev–Trinajstić information content (AvgIpc) is 3.03. The number of anilines is 2. The van der Waals surface area contributed by atoms with Gasteiger partial charge in [-0.15, -0.1) is 5.10 Å². The predicted molar refractivity (Wildman–Crippen MR) is 103 cm³/mol. The molecule has 0 spiro atoms. The summed E-state index contributed by atoms with van der Waals surface area (Å²) in [6, 6.07) is 11.9. The molecule has 4 aromatic rings. The monoisotopic (exact) mass is 362 g/mol. The van der Waals surface area contributed by atoms with Crippen LogP contribution in [0, 0.1) is 13.8 Å². The first-order valence-corrected chi connectivity index (χ1v) is 8.37. The molecule has 0 saturated carbocycles. The Morgan fingerprint density at radius 3 is 2.33 bits per heavy atom. The zero-order valence-electron chi connectivity index (χ0n) is 14.8. The lowest BCUT2D eigenvalue weighted by Crippen LogP contribution is -1.94. The third kappa shape index (κ3) is 3.10. The molecular formula is C20H18N4O3. The standard InChI is InChI=1S/C20H18N4O3/c1-11-7-14(8-12(2)19(11)27)13-3-6-18-22-20(23-24(18)10-13)21-16-5-4-15(25)9-17(16)26/h3-10,25-27H,1-2H3,(H,21,23). The Morgan fingerprint density at radius 1 is 0.889 bits per heavy atom. The van der Waals surface area contributed by atoms with Crippen LogP contribution >= 0.6 is 0 Å². The highest BCUT2D eigenvalue weighted by Gasteiger charge is 2.10. The first-order chi connectivity index (χ1) is 12.9. The van der Waals surface area contributed by atoms with Crippen LogP contribution in [0.1, 0.15) is 11.1 Å². The maximum absolute atomic E-state index is 9.96. The molecular weight excluding hydrogens is 344 g/mol. The van der Waals surface area contributed by atoms with Crippen molar-refractivity contribution in [3.8, 4) is 28.4 Å². The molecule has 0 atom stereocenters. The summed E-state index contributed by atoms with van der Waals surface area (Å²) < 4.78 is 1.65. The van der Waals surface area contributed by atoms with Gasteiger partial charge in [0.15, 0.2) is 5.65 Å². The minimum Gasteiger partial charge on any atom is -0.508 e. The summed E-state index contributed by atoms with van der Waals surface area (Å²) in [4.78, 5) is 4.38. The molecule has 0 aliphatic rings. The number of phenols is 3. The van der Waals surface area contributed by atoms with Crippen molar-refractivity contribution < 1.29 is 15.3 Å². The smallest absolute Gasteiger partial charge is 0.247 e. The highest BCUT2D eigenvalue weighted by molar-refractivity contribution is 5.69. The second-order valence-electron chi connectivity index (χ2n) is 6.44. The van der Waals surface area contributed by atoms with Gasteiger partial charge in [-0.1, -0.05) is 0 Å². The second-order valence-corrected chi connectivity index (χ2v) is 6.44. The number of phenolic OH excluding ortho intramolecular Hbond substituents is 3. The van der Waals surface area contributed by atoms with Crippen molar-refractivity contribution in [3.63, 3.8) is 0 Å². The van der Waals surface area contributed by atoms with Gasteiger partial charge in [-0.05, 0) is 66.9 Å². The van der Waals surface area contributed by atoms with Crippen LogP contribution in [0.5, 0.6) is 17.2 Å². The van der Waals surface area contributed by atoms with Gasteiger partial charge in [0.05, 0.1) is 5.69 Å². The molecule has 136 valence electrons. The van der Waals surface area contributed by atoms with Crippen molar-refractivity contribution >= 4 is 17.3 Å². The van der Waals surface area contributed by atoms with E-state index < -0.39 is 0 Å². The molecule has 4 rings (SSSR count). The quantitative estimate of drug-likeness (QED) is 0.326. The Balaban J connectivity index is 1.70. The number of aromatic nitrogens is 3. The van der Waals surface area contributed by atoms with Crippen molar-refractivity contribution in [2.45, 2.75) is 13.8 Å². The highest BCUT2D eigenvalue weighted by Crippen LogP contribution is 2.31. The van der Waals surface area contributed by atoms with Crippen molar-refractivity contribution in [2.75, 3.05) is 5.32 Å². The third-order valence-electron chi connectivity index (χ3n) is 4.38. The molecule has 0 amide bonds. The first kappa shape index (κ1) is 16.7. The van der Waals surface area contributed by atoms with Gasteiger partial charge in [0.1, 0.15) is 17.2 Å². The number of pyridine rings is 1. The van der Waals surface area contributed by atoms with Crippen molar-refractivity contribution in [2.24, 2.45) is 0 Å². The Morgan fingerprint density at radius 2 is 1.63 bits per heavy atom. The summed E-state index contributed by atoms with van der Waals surface area (Å²) in [6.45, 7) is 3.73. The lowest BCUT2D eigenvalue weighted by Gasteiger charge is -2.08. The zero-order chi connectivity index (χ0) is 19.1. The van der Waals surface area contributed by atoms with Crippen LogP contribution in [0.3, 0.4) is 0 Å². The van der Waals surface area contributed by atoms with E-state index in [0.29, 0.717) is 23.0 Å². The van der Waals surface area contributed by atoms with E-state index in [9.17, 15) is 15.3 Å². The fraction of sp³-hybridized carbons (Fsp3) is 0.100. The molecule has 4 N–H and O–H groups in total. The van der Waals surface area contributed by atoms with Crippen LogP contribution in [0.4, 0.5) is 11.6 Å². The Kier molecular flexibility index (Phi) is 3.84. The van der Waals surface area contributed by atoms with E-state index in [1.807, 2.05) is 44.3 Å². The van der Waals surface area contributed by atoms with Gasteiger partial charge in [0.25, 0.3) is 0 Å². The Labute approximate surface area is 155 Å². The van der Waals surface area contributed by atoms with Crippen LogP contribution in [0.2, 0.25) is 0 Å². The summed E-state index contributed by atoms with van der Waals surface area (Å²) in [5.41, 5.74) is 4.59. The fourth-order valence-corrected chi connectivity index (χ4v) is 2.98. The number of nitrogens with one attached hydrogen (secondary N) is 1. The van der Waals surface area contributed by atoms with E-state index in [1.165, 1.54) is 12.1 Å². The molecule has 0 aliphatic heterocycles. The number of aromatic hydroxyl groups is 3. The average molecular weight is 362 g/mol. The fourth-order valence-electron chi connectivity index (χ4n) is 2.98. The van der Waals surface area contributed by atoms with Gasteiger partial charge in [0, 0.05) is 17.8 Å². The van der Waals surface area contributed by atoms with Crippen molar-refractivity contribution in [1.82, 2.24) is 14.6 Å². The first-order valence-electron chi connectivity index (χ1n) is 8.37. The van der Waals surface area contributed by atoms with Gasteiger partial charge in [-0.2, -0.15) is 4.98 Å². The molecule has 0 radical (unpaired) electrons. The molecule has 2 aromatic heterocycles. The van der Waals surface area contributed by atoms with E-state index in [2.05, 4.69) is 15.4 Å².